The summed E-state index contributed by atoms with van der Waals surface area (Å²) in [6, 6.07) is 23.1. The van der Waals surface area contributed by atoms with Gasteiger partial charge in [0.1, 0.15) is 5.69 Å². The summed E-state index contributed by atoms with van der Waals surface area (Å²) in [5.41, 5.74) is 1.89. The van der Waals surface area contributed by atoms with Gasteiger partial charge >= 0.3 is 0 Å². The molecular weight excluding hydrogens is 350 g/mol. The van der Waals surface area contributed by atoms with Gasteiger partial charge in [0.2, 0.25) is 0 Å². The van der Waals surface area contributed by atoms with E-state index in [1.807, 2.05) is 43.3 Å². The third kappa shape index (κ3) is 4.19. The molecule has 0 saturated carbocycles. The normalized spacial score (nSPS) is 11.2. The summed E-state index contributed by atoms with van der Waals surface area (Å²) in [5.74, 6) is -0.289. The van der Waals surface area contributed by atoms with E-state index < -0.39 is 5.41 Å². The standard InChI is InChI=1S/C23H25N3O2/c1-3-16-26-21(27)15-14-20(25-26)22(28)24-17-23(2,18-10-6-4-7-11-18)19-12-8-5-9-13-19/h4-15H,3,16-17H2,1-2H3,(H,24,28). The number of carbonyl (C=O) groups excluding carboxylic acids is 1. The number of rotatable bonds is 7. The molecule has 0 spiro atoms. The summed E-state index contributed by atoms with van der Waals surface area (Å²) in [5, 5.41) is 7.21. The van der Waals surface area contributed by atoms with Gasteiger partial charge in [0.25, 0.3) is 11.5 Å². The summed E-state index contributed by atoms with van der Waals surface area (Å²) >= 11 is 0. The van der Waals surface area contributed by atoms with Crippen LogP contribution in [0.3, 0.4) is 0 Å². The van der Waals surface area contributed by atoms with Crippen LogP contribution in [-0.2, 0) is 12.0 Å². The van der Waals surface area contributed by atoms with Gasteiger partial charge < -0.3 is 5.32 Å². The maximum absolute atomic E-state index is 12.7. The van der Waals surface area contributed by atoms with Gasteiger partial charge in [0.15, 0.2) is 0 Å². The Morgan fingerprint density at radius 1 is 0.964 bits per heavy atom. The third-order valence-electron chi connectivity index (χ3n) is 4.96. The molecule has 0 bridgehead atoms. The second kappa shape index (κ2) is 8.65. The molecule has 0 radical (unpaired) electrons. The highest BCUT2D eigenvalue weighted by molar-refractivity contribution is 5.92. The summed E-state index contributed by atoms with van der Waals surface area (Å²) in [4.78, 5) is 24.6. The number of amides is 1. The molecule has 144 valence electrons. The van der Waals surface area contributed by atoms with Crippen LogP contribution in [0.4, 0.5) is 0 Å². The highest BCUT2D eigenvalue weighted by Gasteiger charge is 2.29. The Kier molecular flexibility index (Phi) is 6.04. The first-order chi connectivity index (χ1) is 13.5. The lowest BCUT2D eigenvalue weighted by atomic mass is 9.76. The fourth-order valence-corrected chi connectivity index (χ4v) is 3.27. The van der Waals surface area contributed by atoms with E-state index in [0.717, 1.165) is 17.5 Å². The van der Waals surface area contributed by atoms with Gasteiger partial charge in [-0.05, 0) is 30.5 Å². The molecule has 1 N–H and O–H groups in total. The number of hydrogen-bond acceptors (Lipinski definition) is 3. The lowest BCUT2D eigenvalue weighted by Crippen LogP contribution is -2.40. The molecule has 3 rings (SSSR count). The van der Waals surface area contributed by atoms with E-state index in [9.17, 15) is 9.59 Å². The molecule has 5 heteroatoms. The monoisotopic (exact) mass is 375 g/mol. The number of aryl methyl sites for hydroxylation is 1. The zero-order chi connectivity index (χ0) is 20.0. The first-order valence-electron chi connectivity index (χ1n) is 9.52. The number of nitrogens with one attached hydrogen (secondary N) is 1. The van der Waals surface area contributed by atoms with Crippen molar-refractivity contribution in [3.8, 4) is 0 Å². The quantitative estimate of drug-likeness (QED) is 0.688. The first kappa shape index (κ1) is 19.5. The largest absolute Gasteiger partial charge is 0.349 e. The van der Waals surface area contributed by atoms with E-state index >= 15 is 0 Å². The first-order valence-corrected chi connectivity index (χ1v) is 9.52. The second-order valence-corrected chi connectivity index (χ2v) is 7.03. The molecule has 0 atom stereocenters. The van der Waals surface area contributed by atoms with E-state index in [0.29, 0.717) is 13.1 Å². The minimum absolute atomic E-state index is 0.197. The molecule has 0 aliphatic carbocycles. The Labute approximate surface area is 165 Å². The molecular formula is C23H25N3O2. The van der Waals surface area contributed by atoms with Crippen LogP contribution in [0.15, 0.2) is 77.6 Å². The predicted octanol–water partition coefficient (Wildman–Crippen LogP) is 3.39. The van der Waals surface area contributed by atoms with Crippen LogP contribution in [0, 0.1) is 0 Å². The highest BCUT2D eigenvalue weighted by Crippen LogP contribution is 2.31. The highest BCUT2D eigenvalue weighted by atomic mass is 16.2. The Morgan fingerprint density at radius 2 is 1.54 bits per heavy atom. The number of benzene rings is 2. The summed E-state index contributed by atoms with van der Waals surface area (Å²) in [6.45, 7) is 4.98. The van der Waals surface area contributed by atoms with E-state index in [4.69, 9.17) is 0 Å². The Bertz CT molecular complexity index is 942. The summed E-state index contributed by atoms with van der Waals surface area (Å²) in [7, 11) is 0. The van der Waals surface area contributed by atoms with Crippen LogP contribution in [0.25, 0.3) is 0 Å². The van der Waals surface area contributed by atoms with Crippen LogP contribution in [0.2, 0.25) is 0 Å². The van der Waals surface area contributed by atoms with Gasteiger partial charge in [-0.2, -0.15) is 5.10 Å². The molecule has 28 heavy (non-hydrogen) atoms. The molecule has 5 nitrogen and oxygen atoms in total. The molecule has 2 aromatic carbocycles. The van der Waals surface area contributed by atoms with Crippen molar-refractivity contribution >= 4 is 5.91 Å². The SMILES string of the molecule is CCCn1nc(C(=O)NCC(C)(c2ccccc2)c2ccccc2)ccc1=O. The molecule has 1 aromatic heterocycles. The second-order valence-electron chi connectivity index (χ2n) is 7.03. The van der Waals surface area contributed by atoms with Crippen molar-refractivity contribution in [1.82, 2.24) is 15.1 Å². The van der Waals surface area contributed by atoms with Gasteiger partial charge in [-0.25, -0.2) is 4.68 Å². The molecule has 3 aromatic rings. The predicted molar refractivity (Wildman–Crippen MR) is 110 cm³/mol. The number of aromatic nitrogens is 2. The van der Waals surface area contributed by atoms with Crippen molar-refractivity contribution in [2.75, 3.05) is 6.54 Å². The van der Waals surface area contributed by atoms with Gasteiger partial charge in [-0.3, -0.25) is 9.59 Å². The molecule has 0 fully saturated rings. The minimum atomic E-state index is -0.393. The fraction of sp³-hybridized carbons (Fsp3) is 0.261. The van der Waals surface area contributed by atoms with E-state index in [1.165, 1.54) is 16.8 Å². The Hall–Kier alpha value is -3.21. The summed E-state index contributed by atoms with van der Waals surface area (Å²) < 4.78 is 1.34. The van der Waals surface area contributed by atoms with E-state index in [-0.39, 0.29) is 17.2 Å². The maximum Gasteiger partial charge on any atom is 0.271 e. The van der Waals surface area contributed by atoms with Gasteiger partial charge in [-0.15, -0.1) is 0 Å². The van der Waals surface area contributed by atoms with Gasteiger partial charge in [-0.1, -0.05) is 67.6 Å². The number of carbonyl (C=O) groups is 1. The minimum Gasteiger partial charge on any atom is -0.349 e. The Balaban J connectivity index is 1.86. The topological polar surface area (TPSA) is 64.0 Å². The van der Waals surface area contributed by atoms with Crippen molar-refractivity contribution in [1.29, 1.82) is 0 Å². The van der Waals surface area contributed by atoms with Crippen LogP contribution in [0.5, 0.6) is 0 Å². The van der Waals surface area contributed by atoms with Crippen molar-refractivity contribution < 1.29 is 4.79 Å². The van der Waals surface area contributed by atoms with Crippen molar-refractivity contribution in [3.63, 3.8) is 0 Å². The summed E-state index contributed by atoms with van der Waals surface area (Å²) in [6.07, 6.45) is 0.776. The van der Waals surface area contributed by atoms with Crippen LogP contribution in [0.1, 0.15) is 41.9 Å². The zero-order valence-corrected chi connectivity index (χ0v) is 16.3. The average Bonchev–Trinajstić information content (AvgIpc) is 2.74. The lowest BCUT2D eigenvalue weighted by Gasteiger charge is -2.31. The smallest absolute Gasteiger partial charge is 0.271 e. The van der Waals surface area contributed by atoms with Crippen LogP contribution < -0.4 is 10.9 Å². The molecule has 0 saturated heterocycles. The number of hydrogen-bond donors (Lipinski definition) is 1. The number of nitrogens with zero attached hydrogens (tertiary/aromatic N) is 2. The van der Waals surface area contributed by atoms with E-state index in [2.05, 4.69) is 41.6 Å². The molecule has 0 unspecified atom stereocenters. The molecule has 1 heterocycles. The van der Waals surface area contributed by atoms with Crippen molar-refractivity contribution in [3.05, 3.63) is 100.0 Å². The molecule has 0 aliphatic heterocycles. The molecule has 1 amide bonds. The van der Waals surface area contributed by atoms with Gasteiger partial charge in [0.05, 0.1) is 0 Å². The van der Waals surface area contributed by atoms with Crippen LogP contribution in [-0.4, -0.2) is 22.2 Å². The lowest BCUT2D eigenvalue weighted by molar-refractivity contribution is 0.0939. The Morgan fingerprint density at radius 3 is 2.07 bits per heavy atom. The fourth-order valence-electron chi connectivity index (χ4n) is 3.27. The van der Waals surface area contributed by atoms with Crippen LogP contribution >= 0.6 is 0 Å². The van der Waals surface area contributed by atoms with E-state index in [1.54, 1.807) is 0 Å². The van der Waals surface area contributed by atoms with Crippen molar-refractivity contribution in [2.24, 2.45) is 0 Å². The van der Waals surface area contributed by atoms with Gasteiger partial charge in [0, 0.05) is 24.6 Å². The average molecular weight is 375 g/mol. The molecule has 0 aliphatic rings. The zero-order valence-electron chi connectivity index (χ0n) is 16.3. The third-order valence-corrected chi connectivity index (χ3v) is 4.96. The maximum atomic E-state index is 12.7. The van der Waals surface area contributed by atoms with Crippen molar-refractivity contribution in [2.45, 2.75) is 32.2 Å².